The van der Waals surface area contributed by atoms with Gasteiger partial charge in [-0.15, -0.1) is 0 Å². The molecule has 2 aromatic carbocycles. The van der Waals surface area contributed by atoms with Gasteiger partial charge in [0, 0.05) is 36.7 Å². The summed E-state index contributed by atoms with van der Waals surface area (Å²) in [6.45, 7) is 5.45. The Morgan fingerprint density at radius 3 is 2.59 bits per heavy atom. The zero-order valence-electron chi connectivity index (χ0n) is 19.8. The number of ether oxygens (including phenoxy) is 1. The normalized spacial score (nSPS) is 16.7. The third kappa shape index (κ3) is 6.03. The average molecular weight is 484 g/mol. The van der Waals surface area contributed by atoms with Crippen molar-refractivity contribution in [3.63, 3.8) is 0 Å². The molecule has 0 bridgehead atoms. The molecule has 3 rings (SSSR count). The minimum Gasteiger partial charge on any atom is -0.468 e. The Bertz CT molecular complexity index is 1100. The van der Waals surface area contributed by atoms with E-state index in [-0.39, 0.29) is 24.1 Å². The molecule has 0 aliphatic carbocycles. The third-order valence-electron chi connectivity index (χ3n) is 5.79. The minimum absolute atomic E-state index is 0.0106. The van der Waals surface area contributed by atoms with Crippen LogP contribution in [-0.2, 0) is 14.3 Å². The number of likely N-dealkylation sites (N-methyl/N-ethyl adjacent to an activating group) is 1. The number of esters is 1. The van der Waals surface area contributed by atoms with Crippen LogP contribution in [-0.4, -0.2) is 66.4 Å². The first-order valence-electron chi connectivity index (χ1n) is 11.0. The molecule has 1 aliphatic heterocycles. The largest absolute Gasteiger partial charge is 0.468 e. The van der Waals surface area contributed by atoms with Crippen LogP contribution in [0.1, 0.15) is 30.9 Å². The molecule has 180 valence electrons. The Kier molecular flexibility index (Phi) is 8.46. The lowest BCUT2D eigenvalue weighted by molar-refractivity contribution is -0.387. The van der Waals surface area contributed by atoms with Gasteiger partial charge >= 0.3 is 5.97 Å². The van der Waals surface area contributed by atoms with Crippen molar-refractivity contribution in [1.82, 2.24) is 9.80 Å². The first-order chi connectivity index (χ1) is 16.2. The maximum Gasteiger partial charge on any atom is 0.324 e. The molecule has 1 unspecified atom stereocenters. The van der Waals surface area contributed by atoms with Gasteiger partial charge in [0.25, 0.3) is 5.69 Å². The number of piperazine rings is 1. The highest BCUT2D eigenvalue weighted by atomic mass is 32.2. The van der Waals surface area contributed by atoms with Crippen LogP contribution in [0.4, 0.5) is 5.69 Å². The SMILES string of the molecule is COC(=O)C1CN(C(=O)/C=C/c2ccc(Sc3ccccc3C(C)C)c([N+](=O)[O-])c2)CCN1C. The van der Waals surface area contributed by atoms with Gasteiger partial charge < -0.3 is 9.64 Å². The molecular weight excluding hydrogens is 454 g/mol. The number of carbonyl (C=O) groups is 2. The van der Waals surface area contributed by atoms with E-state index in [4.69, 9.17) is 4.74 Å². The topological polar surface area (TPSA) is 93.0 Å². The number of rotatable bonds is 7. The van der Waals surface area contributed by atoms with Crippen LogP contribution in [0.2, 0.25) is 0 Å². The summed E-state index contributed by atoms with van der Waals surface area (Å²) in [5, 5.41) is 11.8. The van der Waals surface area contributed by atoms with Gasteiger partial charge in [0.1, 0.15) is 6.04 Å². The Labute approximate surface area is 203 Å². The van der Waals surface area contributed by atoms with Gasteiger partial charge in [-0.3, -0.25) is 24.6 Å². The number of methoxy groups -OCH3 is 1. The van der Waals surface area contributed by atoms with E-state index in [9.17, 15) is 19.7 Å². The van der Waals surface area contributed by atoms with E-state index < -0.39 is 11.0 Å². The summed E-state index contributed by atoms with van der Waals surface area (Å²) in [7, 11) is 3.14. The number of nitro benzene ring substituents is 1. The molecule has 1 fully saturated rings. The highest BCUT2D eigenvalue weighted by Gasteiger charge is 2.32. The fraction of sp³-hybridized carbons (Fsp3) is 0.360. The number of nitrogens with zero attached hydrogens (tertiary/aromatic N) is 3. The molecule has 0 radical (unpaired) electrons. The van der Waals surface area contributed by atoms with Crippen molar-refractivity contribution in [3.8, 4) is 0 Å². The number of hydrogen-bond acceptors (Lipinski definition) is 7. The van der Waals surface area contributed by atoms with E-state index in [1.807, 2.05) is 36.2 Å². The lowest BCUT2D eigenvalue weighted by Crippen LogP contribution is -2.56. The fourth-order valence-corrected chi connectivity index (χ4v) is 4.95. The average Bonchev–Trinajstić information content (AvgIpc) is 2.83. The van der Waals surface area contributed by atoms with Crippen molar-refractivity contribution < 1.29 is 19.2 Å². The van der Waals surface area contributed by atoms with Gasteiger partial charge in [0.05, 0.1) is 16.9 Å². The molecule has 0 spiro atoms. The van der Waals surface area contributed by atoms with Gasteiger partial charge in [-0.05, 0) is 42.3 Å². The monoisotopic (exact) mass is 483 g/mol. The van der Waals surface area contributed by atoms with E-state index in [2.05, 4.69) is 13.8 Å². The van der Waals surface area contributed by atoms with Crippen molar-refractivity contribution in [2.45, 2.75) is 35.6 Å². The number of hydrogen-bond donors (Lipinski definition) is 0. The Hall–Kier alpha value is -3.17. The molecule has 1 heterocycles. The molecule has 1 aliphatic rings. The molecule has 2 aromatic rings. The smallest absolute Gasteiger partial charge is 0.324 e. The Morgan fingerprint density at radius 2 is 1.91 bits per heavy atom. The van der Waals surface area contributed by atoms with Crippen LogP contribution in [0.3, 0.4) is 0 Å². The van der Waals surface area contributed by atoms with Crippen molar-refractivity contribution in [2.75, 3.05) is 33.8 Å². The molecule has 1 atom stereocenters. The predicted octanol–water partition coefficient (Wildman–Crippen LogP) is 4.20. The van der Waals surface area contributed by atoms with Crippen molar-refractivity contribution in [2.24, 2.45) is 0 Å². The summed E-state index contributed by atoms with van der Waals surface area (Å²) in [6.07, 6.45) is 2.96. The second-order valence-corrected chi connectivity index (χ2v) is 9.50. The predicted molar refractivity (Wildman–Crippen MR) is 132 cm³/mol. The molecule has 1 saturated heterocycles. The number of nitro groups is 1. The van der Waals surface area contributed by atoms with Gasteiger partial charge in [-0.2, -0.15) is 0 Å². The second kappa shape index (κ2) is 11.3. The summed E-state index contributed by atoms with van der Waals surface area (Å²) >= 11 is 1.37. The first-order valence-corrected chi connectivity index (χ1v) is 11.8. The van der Waals surface area contributed by atoms with Gasteiger partial charge in [-0.1, -0.05) is 49.9 Å². The number of benzene rings is 2. The van der Waals surface area contributed by atoms with Crippen LogP contribution in [0, 0.1) is 10.1 Å². The highest BCUT2D eigenvalue weighted by molar-refractivity contribution is 7.99. The first kappa shape index (κ1) is 25.5. The Balaban J connectivity index is 1.77. The van der Waals surface area contributed by atoms with Gasteiger partial charge in [-0.25, -0.2) is 0 Å². The molecule has 0 aromatic heterocycles. The van der Waals surface area contributed by atoms with Crippen LogP contribution in [0.5, 0.6) is 0 Å². The third-order valence-corrected chi connectivity index (χ3v) is 6.95. The molecule has 1 amide bonds. The lowest BCUT2D eigenvalue weighted by Gasteiger charge is -2.37. The van der Waals surface area contributed by atoms with Gasteiger partial charge in [0.15, 0.2) is 0 Å². The molecule has 9 heteroatoms. The summed E-state index contributed by atoms with van der Waals surface area (Å²) in [5.41, 5.74) is 1.68. The van der Waals surface area contributed by atoms with E-state index >= 15 is 0 Å². The summed E-state index contributed by atoms with van der Waals surface area (Å²) in [6, 6.07) is 12.3. The standard InChI is InChI=1S/C25H29N3O5S/c1-17(2)19-7-5-6-8-22(19)34-23-11-9-18(15-20(23)28(31)32)10-12-24(29)27-14-13-26(3)21(16-27)25(30)33-4/h5-12,15,17,21H,13-14,16H2,1-4H3/b12-10+. The van der Waals surface area contributed by atoms with Crippen molar-refractivity contribution in [1.29, 1.82) is 0 Å². The molecule has 0 N–H and O–H groups in total. The van der Waals surface area contributed by atoms with Gasteiger partial charge in [0.2, 0.25) is 5.91 Å². The van der Waals surface area contributed by atoms with Crippen molar-refractivity contribution in [3.05, 3.63) is 69.8 Å². The van der Waals surface area contributed by atoms with E-state index in [1.165, 1.54) is 31.0 Å². The quantitative estimate of drug-likeness (QED) is 0.252. The van der Waals surface area contributed by atoms with Crippen molar-refractivity contribution >= 4 is 35.4 Å². The van der Waals surface area contributed by atoms with E-state index in [0.29, 0.717) is 29.5 Å². The van der Waals surface area contributed by atoms with Crippen LogP contribution < -0.4 is 0 Å². The molecule has 8 nitrogen and oxygen atoms in total. The molecular formula is C25H29N3O5S. The Morgan fingerprint density at radius 1 is 1.18 bits per heavy atom. The fourth-order valence-electron chi connectivity index (χ4n) is 3.77. The lowest BCUT2D eigenvalue weighted by atomic mass is 10.0. The van der Waals surface area contributed by atoms with Crippen LogP contribution >= 0.6 is 11.8 Å². The summed E-state index contributed by atoms with van der Waals surface area (Å²) in [5.74, 6) is -0.343. The second-order valence-electron chi connectivity index (χ2n) is 8.42. The zero-order valence-corrected chi connectivity index (χ0v) is 20.6. The number of amides is 1. The molecule has 34 heavy (non-hydrogen) atoms. The maximum atomic E-state index is 12.7. The van der Waals surface area contributed by atoms with Crippen LogP contribution in [0.15, 0.2) is 58.3 Å². The number of carbonyl (C=O) groups excluding carboxylic acids is 2. The molecule has 0 saturated carbocycles. The van der Waals surface area contributed by atoms with Crippen LogP contribution in [0.25, 0.3) is 6.08 Å². The maximum absolute atomic E-state index is 12.7. The van der Waals surface area contributed by atoms with E-state index in [0.717, 1.165) is 10.5 Å². The minimum atomic E-state index is -0.512. The zero-order chi connectivity index (χ0) is 24.8. The summed E-state index contributed by atoms with van der Waals surface area (Å²) in [4.78, 5) is 41.0. The highest BCUT2D eigenvalue weighted by Crippen LogP contribution is 2.39. The summed E-state index contributed by atoms with van der Waals surface area (Å²) < 4.78 is 4.82. The van der Waals surface area contributed by atoms with E-state index in [1.54, 1.807) is 23.1 Å².